The standard InChI is InChI=1S/C17H17ClN6O2S/c1-26-14-5-4-12(18)10-13(14)16-21-17(23-22-16)27-11-15(25)24(8-2-6-19)9-3-7-20/h4-5,10H,2-3,8-9,11H2,1H3,(H,21,22,23). The number of nitrogens with one attached hydrogen (secondary N) is 1. The van der Waals surface area contributed by atoms with E-state index in [1.807, 2.05) is 12.1 Å². The molecule has 0 saturated carbocycles. The number of H-pyrrole nitrogens is 1. The van der Waals surface area contributed by atoms with Crippen molar-refractivity contribution in [2.45, 2.75) is 18.0 Å². The van der Waals surface area contributed by atoms with Crippen molar-refractivity contribution in [3.8, 4) is 29.3 Å². The number of amides is 1. The summed E-state index contributed by atoms with van der Waals surface area (Å²) in [7, 11) is 1.55. The minimum atomic E-state index is -0.169. The van der Waals surface area contributed by atoms with Crippen molar-refractivity contribution in [3.63, 3.8) is 0 Å². The number of carbonyl (C=O) groups is 1. The number of carbonyl (C=O) groups excluding carboxylic acids is 1. The van der Waals surface area contributed by atoms with Gasteiger partial charge in [-0.15, -0.1) is 5.10 Å². The molecule has 1 heterocycles. The minimum absolute atomic E-state index is 0.112. The molecule has 0 aliphatic carbocycles. The van der Waals surface area contributed by atoms with E-state index in [4.69, 9.17) is 26.9 Å². The lowest BCUT2D eigenvalue weighted by molar-refractivity contribution is -0.128. The summed E-state index contributed by atoms with van der Waals surface area (Å²) in [6, 6.07) is 9.17. The Morgan fingerprint density at radius 2 is 2.04 bits per heavy atom. The van der Waals surface area contributed by atoms with Gasteiger partial charge in [0.2, 0.25) is 11.1 Å². The molecule has 0 fully saturated rings. The maximum Gasteiger partial charge on any atom is 0.233 e. The molecule has 2 aromatic rings. The van der Waals surface area contributed by atoms with Crippen molar-refractivity contribution in [2.24, 2.45) is 0 Å². The zero-order valence-corrected chi connectivity index (χ0v) is 16.2. The number of ether oxygens (including phenoxy) is 1. The summed E-state index contributed by atoms with van der Waals surface area (Å²) in [5, 5.41) is 25.3. The number of hydrogen-bond acceptors (Lipinski definition) is 7. The summed E-state index contributed by atoms with van der Waals surface area (Å²) < 4.78 is 5.30. The number of aromatic nitrogens is 3. The average molecular weight is 405 g/mol. The molecule has 1 aromatic heterocycles. The molecule has 0 spiro atoms. The highest BCUT2D eigenvalue weighted by Crippen LogP contribution is 2.31. The first-order valence-electron chi connectivity index (χ1n) is 7.99. The van der Waals surface area contributed by atoms with E-state index in [1.54, 1.807) is 25.3 Å². The van der Waals surface area contributed by atoms with Crippen LogP contribution in [0.1, 0.15) is 12.8 Å². The highest BCUT2D eigenvalue weighted by atomic mass is 35.5. The Morgan fingerprint density at radius 3 is 2.67 bits per heavy atom. The van der Waals surface area contributed by atoms with E-state index in [9.17, 15) is 4.79 Å². The molecule has 27 heavy (non-hydrogen) atoms. The SMILES string of the molecule is COc1ccc(Cl)cc1-c1nc(SCC(=O)N(CCC#N)CCC#N)n[nH]1. The van der Waals surface area contributed by atoms with E-state index in [1.165, 1.54) is 16.7 Å². The Hall–Kier alpha value is -2.75. The van der Waals surface area contributed by atoms with Crippen molar-refractivity contribution in [1.82, 2.24) is 20.1 Å². The monoisotopic (exact) mass is 404 g/mol. The first kappa shape index (κ1) is 20.6. The zero-order valence-electron chi connectivity index (χ0n) is 14.6. The van der Waals surface area contributed by atoms with Crippen LogP contribution in [-0.4, -0.2) is 51.9 Å². The molecule has 8 nitrogen and oxygen atoms in total. The van der Waals surface area contributed by atoms with Crippen molar-refractivity contribution < 1.29 is 9.53 Å². The highest BCUT2D eigenvalue weighted by Gasteiger charge is 2.16. The van der Waals surface area contributed by atoms with Gasteiger partial charge in [0.05, 0.1) is 43.4 Å². The van der Waals surface area contributed by atoms with Gasteiger partial charge >= 0.3 is 0 Å². The summed E-state index contributed by atoms with van der Waals surface area (Å²) >= 11 is 7.21. The first-order chi connectivity index (χ1) is 13.1. The maximum atomic E-state index is 12.3. The molecule has 2 rings (SSSR count). The van der Waals surface area contributed by atoms with E-state index in [0.717, 1.165) is 0 Å². The van der Waals surface area contributed by atoms with Gasteiger partial charge in [-0.25, -0.2) is 4.98 Å². The summed E-state index contributed by atoms with van der Waals surface area (Å²) in [5.74, 6) is 1.02. The zero-order chi connectivity index (χ0) is 19.6. The number of aromatic amines is 1. The molecule has 1 aromatic carbocycles. The number of methoxy groups -OCH3 is 1. The van der Waals surface area contributed by atoms with E-state index in [-0.39, 0.29) is 24.5 Å². The molecule has 0 atom stereocenters. The Morgan fingerprint density at radius 1 is 1.33 bits per heavy atom. The highest BCUT2D eigenvalue weighted by molar-refractivity contribution is 7.99. The van der Waals surface area contributed by atoms with Crippen LogP contribution in [0.5, 0.6) is 5.75 Å². The lowest BCUT2D eigenvalue weighted by Crippen LogP contribution is -2.34. The first-order valence-corrected chi connectivity index (χ1v) is 9.36. The second kappa shape index (κ2) is 10.4. The summed E-state index contributed by atoms with van der Waals surface area (Å²) in [6.07, 6.45) is 0.447. The molecule has 0 bridgehead atoms. The fraction of sp³-hybridized carbons (Fsp3) is 0.353. The molecule has 0 radical (unpaired) electrons. The number of hydrogen-bond donors (Lipinski definition) is 1. The summed E-state index contributed by atoms with van der Waals surface area (Å²) in [4.78, 5) is 18.2. The Labute approximate surface area is 166 Å². The maximum absolute atomic E-state index is 12.3. The van der Waals surface area contributed by atoms with Gasteiger partial charge < -0.3 is 9.64 Å². The second-order valence-corrected chi connectivity index (χ2v) is 6.68. The van der Waals surface area contributed by atoms with Crippen LogP contribution < -0.4 is 4.74 Å². The van der Waals surface area contributed by atoms with Crippen molar-refractivity contribution in [2.75, 3.05) is 26.0 Å². The number of halogens is 1. The molecule has 0 aliphatic heterocycles. The fourth-order valence-corrected chi connectivity index (χ4v) is 3.12. The molecule has 10 heteroatoms. The van der Waals surface area contributed by atoms with Crippen LogP contribution in [0.15, 0.2) is 23.4 Å². The van der Waals surface area contributed by atoms with Gasteiger partial charge in [-0.05, 0) is 18.2 Å². The Bertz CT molecular complexity index is 855. The number of rotatable bonds is 9. The molecule has 1 amide bonds. The topological polar surface area (TPSA) is 119 Å². The van der Waals surface area contributed by atoms with Crippen molar-refractivity contribution in [3.05, 3.63) is 23.2 Å². The molecular weight excluding hydrogens is 388 g/mol. The van der Waals surface area contributed by atoms with Crippen molar-refractivity contribution in [1.29, 1.82) is 10.5 Å². The normalized spacial score (nSPS) is 10.1. The predicted molar refractivity (Wildman–Crippen MR) is 101 cm³/mol. The van der Waals surface area contributed by atoms with Crippen LogP contribution in [-0.2, 0) is 4.79 Å². The van der Waals surface area contributed by atoms with Crippen LogP contribution in [0.4, 0.5) is 0 Å². The molecule has 140 valence electrons. The van der Waals surface area contributed by atoms with Gasteiger partial charge in [-0.2, -0.15) is 10.5 Å². The quantitative estimate of drug-likeness (QED) is 0.638. The summed E-state index contributed by atoms with van der Waals surface area (Å²) in [6.45, 7) is 0.604. The van der Waals surface area contributed by atoms with Crippen LogP contribution in [0.25, 0.3) is 11.4 Å². The third-order valence-electron chi connectivity index (χ3n) is 3.55. The number of thioether (sulfide) groups is 1. The molecule has 0 unspecified atom stereocenters. The lowest BCUT2D eigenvalue weighted by atomic mass is 10.2. The van der Waals surface area contributed by atoms with E-state index in [0.29, 0.717) is 40.4 Å². The second-order valence-electron chi connectivity index (χ2n) is 5.30. The smallest absolute Gasteiger partial charge is 0.233 e. The van der Waals surface area contributed by atoms with Gasteiger partial charge in [0.15, 0.2) is 5.82 Å². The number of benzene rings is 1. The van der Waals surface area contributed by atoms with Crippen LogP contribution in [0, 0.1) is 22.7 Å². The minimum Gasteiger partial charge on any atom is -0.496 e. The summed E-state index contributed by atoms with van der Waals surface area (Å²) in [5.41, 5.74) is 0.667. The molecule has 0 aliphatic rings. The predicted octanol–water partition coefficient (Wildman–Crippen LogP) is 2.88. The lowest BCUT2D eigenvalue weighted by Gasteiger charge is -2.19. The van der Waals surface area contributed by atoms with E-state index >= 15 is 0 Å². The number of nitrogens with zero attached hydrogens (tertiary/aromatic N) is 5. The van der Waals surface area contributed by atoms with Crippen LogP contribution >= 0.6 is 23.4 Å². The Balaban J connectivity index is 2.03. The van der Waals surface area contributed by atoms with Crippen LogP contribution in [0.3, 0.4) is 0 Å². The van der Waals surface area contributed by atoms with Crippen molar-refractivity contribution >= 4 is 29.3 Å². The van der Waals surface area contributed by atoms with E-state index in [2.05, 4.69) is 15.2 Å². The largest absolute Gasteiger partial charge is 0.496 e. The third kappa shape index (κ3) is 5.88. The third-order valence-corrected chi connectivity index (χ3v) is 4.61. The number of nitriles is 2. The molecule has 1 N–H and O–H groups in total. The van der Waals surface area contributed by atoms with Gasteiger partial charge in [0, 0.05) is 18.1 Å². The van der Waals surface area contributed by atoms with Gasteiger partial charge in [-0.3, -0.25) is 9.89 Å². The Kier molecular flexibility index (Phi) is 7.93. The molecular formula is C17H17ClN6O2S. The van der Waals surface area contributed by atoms with Gasteiger partial charge in [-0.1, -0.05) is 23.4 Å². The van der Waals surface area contributed by atoms with Gasteiger partial charge in [0.25, 0.3) is 0 Å². The van der Waals surface area contributed by atoms with Crippen LogP contribution in [0.2, 0.25) is 5.02 Å². The van der Waals surface area contributed by atoms with E-state index < -0.39 is 0 Å². The molecule has 0 saturated heterocycles. The van der Waals surface area contributed by atoms with Gasteiger partial charge in [0.1, 0.15) is 5.75 Å². The average Bonchev–Trinajstić information content (AvgIpc) is 3.15. The fourth-order valence-electron chi connectivity index (χ4n) is 2.25.